The zero-order valence-corrected chi connectivity index (χ0v) is 18.2. The third-order valence-corrected chi connectivity index (χ3v) is 5.76. The summed E-state index contributed by atoms with van der Waals surface area (Å²) in [5.74, 6) is 0.516. The van der Waals surface area contributed by atoms with Gasteiger partial charge in [-0.1, -0.05) is 56.7 Å². The molecule has 0 saturated carbocycles. The molecule has 0 unspecified atom stereocenters. The zero-order chi connectivity index (χ0) is 20.4. The van der Waals surface area contributed by atoms with Gasteiger partial charge in [0, 0.05) is 30.3 Å². The Labute approximate surface area is 177 Å². The number of halogens is 1. The summed E-state index contributed by atoms with van der Waals surface area (Å²) in [4.78, 5) is 30.3. The first-order chi connectivity index (χ1) is 13.5. The predicted octanol–water partition coefficient (Wildman–Crippen LogP) is 4.78. The van der Waals surface area contributed by atoms with E-state index >= 15 is 0 Å². The summed E-state index contributed by atoms with van der Waals surface area (Å²) in [5.41, 5.74) is 1.08. The largest absolute Gasteiger partial charge is 0.333 e. The highest BCUT2D eigenvalue weighted by atomic mass is 35.5. The molecule has 1 atom stereocenters. The van der Waals surface area contributed by atoms with Gasteiger partial charge in [0.2, 0.25) is 11.8 Å². The quantitative estimate of drug-likeness (QED) is 0.491. The van der Waals surface area contributed by atoms with Crippen molar-refractivity contribution in [2.24, 2.45) is 5.92 Å². The minimum absolute atomic E-state index is 0.0384. The van der Waals surface area contributed by atoms with Crippen LogP contribution in [0.5, 0.6) is 0 Å². The molecule has 2 amide bonds. The minimum Gasteiger partial charge on any atom is -0.333 e. The van der Waals surface area contributed by atoms with Crippen LogP contribution in [-0.4, -0.2) is 40.6 Å². The average Bonchev–Trinajstić information content (AvgIpc) is 3.21. The number of benzene rings is 1. The molecule has 0 saturated heterocycles. The number of alkyl halides is 1. The molecular weight excluding hydrogens is 392 g/mol. The molecule has 0 radical (unpaired) electrons. The average molecular weight is 421 g/mol. The van der Waals surface area contributed by atoms with E-state index in [1.807, 2.05) is 52.7 Å². The van der Waals surface area contributed by atoms with E-state index in [0.717, 1.165) is 16.9 Å². The molecule has 152 valence electrons. The first-order valence-electron chi connectivity index (χ1n) is 9.71. The molecule has 6 heteroatoms. The lowest BCUT2D eigenvalue weighted by Crippen LogP contribution is -2.44. The van der Waals surface area contributed by atoms with Crippen molar-refractivity contribution < 1.29 is 9.59 Å². The highest BCUT2D eigenvalue weighted by Crippen LogP contribution is 2.16. The standard InChI is InChI=1S/C22H29ClN2O2S/c1-3-18(2)14-24(21(26)11-12-23)17-22(27)25(16-20-10-7-13-28-20)15-19-8-5-4-6-9-19/h4-10,13,18H,3,11-12,14-17H2,1-2H3/t18-/m0/s1. The Balaban J connectivity index is 2.14. The van der Waals surface area contributed by atoms with Gasteiger partial charge in [-0.2, -0.15) is 0 Å². The number of carbonyl (C=O) groups excluding carboxylic acids is 2. The fourth-order valence-corrected chi connectivity index (χ4v) is 3.77. The van der Waals surface area contributed by atoms with Gasteiger partial charge in [-0.15, -0.1) is 22.9 Å². The molecular formula is C22H29ClN2O2S. The lowest BCUT2D eigenvalue weighted by atomic mass is 10.1. The Morgan fingerprint density at radius 2 is 1.79 bits per heavy atom. The topological polar surface area (TPSA) is 40.6 Å². The minimum atomic E-state index is -0.0561. The van der Waals surface area contributed by atoms with E-state index in [9.17, 15) is 9.59 Å². The molecule has 2 aromatic rings. The number of thiophene rings is 1. The second-order valence-corrected chi connectivity index (χ2v) is 8.45. The van der Waals surface area contributed by atoms with Crippen LogP contribution < -0.4 is 0 Å². The highest BCUT2D eigenvalue weighted by Gasteiger charge is 2.23. The van der Waals surface area contributed by atoms with Gasteiger partial charge in [0.15, 0.2) is 0 Å². The molecule has 0 aliphatic rings. The first kappa shape index (κ1) is 22.4. The molecule has 2 rings (SSSR count). The lowest BCUT2D eigenvalue weighted by Gasteiger charge is -2.29. The van der Waals surface area contributed by atoms with Crippen molar-refractivity contribution in [3.63, 3.8) is 0 Å². The summed E-state index contributed by atoms with van der Waals surface area (Å²) in [6.45, 7) is 5.94. The summed E-state index contributed by atoms with van der Waals surface area (Å²) in [5, 5.41) is 2.01. The number of hydrogen-bond acceptors (Lipinski definition) is 3. The number of amides is 2. The van der Waals surface area contributed by atoms with Crippen molar-refractivity contribution >= 4 is 34.8 Å². The van der Waals surface area contributed by atoms with Crippen LogP contribution in [0.15, 0.2) is 47.8 Å². The van der Waals surface area contributed by atoms with Crippen LogP contribution in [0.25, 0.3) is 0 Å². The predicted molar refractivity (Wildman–Crippen MR) is 116 cm³/mol. The van der Waals surface area contributed by atoms with Gasteiger partial charge in [-0.3, -0.25) is 9.59 Å². The smallest absolute Gasteiger partial charge is 0.242 e. The van der Waals surface area contributed by atoms with Crippen molar-refractivity contribution in [2.45, 2.75) is 39.8 Å². The van der Waals surface area contributed by atoms with Crippen molar-refractivity contribution in [1.82, 2.24) is 9.80 Å². The molecule has 0 aliphatic carbocycles. The fraction of sp³-hybridized carbons (Fsp3) is 0.455. The number of hydrogen-bond donors (Lipinski definition) is 0. The zero-order valence-electron chi connectivity index (χ0n) is 16.6. The number of carbonyl (C=O) groups is 2. The van der Waals surface area contributed by atoms with Crippen LogP contribution in [0.3, 0.4) is 0 Å². The van der Waals surface area contributed by atoms with Crippen LogP contribution in [0, 0.1) is 5.92 Å². The Morgan fingerprint density at radius 1 is 1.04 bits per heavy atom. The van der Waals surface area contributed by atoms with E-state index in [1.54, 1.807) is 16.2 Å². The van der Waals surface area contributed by atoms with Gasteiger partial charge >= 0.3 is 0 Å². The Kier molecular flexibility index (Phi) is 9.51. The third-order valence-electron chi connectivity index (χ3n) is 4.71. The van der Waals surface area contributed by atoms with Gasteiger partial charge in [-0.05, 0) is 22.9 Å². The van der Waals surface area contributed by atoms with E-state index in [0.29, 0.717) is 25.6 Å². The van der Waals surface area contributed by atoms with Gasteiger partial charge in [0.05, 0.1) is 13.1 Å². The van der Waals surface area contributed by atoms with Gasteiger partial charge in [0.25, 0.3) is 0 Å². The normalized spacial score (nSPS) is 11.8. The van der Waals surface area contributed by atoms with E-state index in [4.69, 9.17) is 11.6 Å². The highest BCUT2D eigenvalue weighted by molar-refractivity contribution is 7.09. The second kappa shape index (κ2) is 11.9. The molecule has 4 nitrogen and oxygen atoms in total. The monoisotopic (exact) mass is 420 g/mol. The van der Waals surface area contributed by atoms with Crippen LogP contribution in [0.2, 0.25) is 0 Å². The molecule has 1 aromatic heterocycles. The first-order valence-corrected chi connectivity index (χ1v) is 11.1. The van der Waals surface area contributed by atoms with E-state index in [1.165, 1.54) is 0 Å². The van der Waals surface area contributed by atoms with Crippen LogP contribution in [-0.2, 0) is 22.7 Å². The Morgan fingerprint density at radius 3 is 2.39 bits per heavy atom. The summed E-state index contributed by atoms with van der Waals surface area (Å²) in [6, 6.07) is 14.0. The number of rotatable bonds is 11. The van der Waals surface area contributed by atoms with Gasteiger partial charge in [-0.25, -0.2) is 0 Å². The molecule has 0 bridgehead atoms. The molecule has 28 heavy (non-hydrogen) atoms. The van der Waals surface area contributed by atoms with Gasteiger partial charge < -0.3 is 9.80 Å². The summed E-state index contributed by atoms with van der Waals surface area (Å²) in [7, 11) is 0. The summed E-state index contributed by atoms with van der Waals surface area (Å²) in [6.07, 6.45) is 1.22. The van der Waals surface area contributed by atoms with Crippen molar-refractivity contribution in [3.8, 4) is 0 Å². The molecule has 0 spiro atoms. The third kappa shape index (κ3) is 7.28. The van der Waals surface area contributed by atoms with Crippen LogP contribution in [0.1, 0.15) is 37.1 Å². The molecule has 1 aromatic carbocycles. The Hall–Kier alpha value is -1.85. The van der Waals surface area contributed by atoms with Crippen molar-refractivity contribution in [1.29, 1.82) is 0 Å². The van der Waals surface area contributed by atoms with Crippen molar-refractivity contribution in [2.75, 3.05) is 19.0 Å². The lowest BCUT2D eigenvalue weighted by molar-refractivity contribution is -0.141. The van der Waals surface area contributed by atoms with Crippen LogP contribution in [0.4, 0.5) is 0 Å². The fourth-order valence-electron chi connectivity index (χ4n) is 2.89. The molecule has 0 N–H and O–H groups in total. The maximum Gasteiger partial charge on any atom is 0.242 e. The van der Waals surface area contributed by atoms with E-state index in [-0.39, 0.29) is 30.7 Å². The van der Waals surface area contributed by atoms with E-state index < -0.39 is 0 Å². The molecule has 1 heterocycles. The van der Waals surface area contributed by atoms with Crippen molar-refractivity contribution in [3.05, 3.63) is 58.3 Å². The summed E-state index contributed by atoms with van der Waals surface area (Å²) < 4.78 is 0. The maximum atomic E-state index is 13.2. The van der Waals surface area contributed by atoms with E-state index in [2.05, 4.69) is 13.8 Å². The molecule has 0 fully saturated rings. The number of nitrogens with zero attached hydrogens (tertiary/aromatic N) is 2. The molecule has 0 aliphatic heterocycles. The van der Waals surface area contributed by atoms with Gasteiger partial charge in [0.1, 0.15) is 0 Å². The Bertz CT molecular complexity index is 721. The second-order valence-electron chi connectivity index (χ2n) is 7.04. The maximum absolute atomic E-state index is 13.2. The summed E-state index contributed by atoms with van der Waals surface area (Å²) >= 11 is 7.41. The SMILES string of the molecule is CC[C@H](C)CN(CC(=O)N(Cc1ccccc1)Cc1cccs1)C(=O)CCCl. The van der Waals surface area contributed by atoms with Crippen LogP contribution >= 0.6 is 22.9 Å².